The van der Waals surface area contributed by atoms with Crippen molar-refractivity contribution in [3.63, 3.8) is 0 Å². The van der Waals surface area contributed by atoms with Crippen LogP contribution in [0.5, 0.6) is 5.75 Å². The standard InChI is InChI=1S/C25H29N3O2S.C4H4O4/c1-26-11-8-19-6-7-20(18-22(19)25(26)29)30-16-3-10-27-12-14-28(15-13-27)23-4-2-5-24-21(23)9-17-31-24;5-3(6)1-2-4(7)8/h2,4-7,9,17-18H,3,8,10-16H2,1H3;1-2H,(H,5,6)(H,7,8)/b;2-1+. The molecular formula is C29H33N3O6S. The number of carboxylic acids is 2. The van der Waals surface area contributed by atoms with Gasteiger partial charge in [-0.05, 0) is 54.1 Å². The van der Waals surface area contributed by atoms with Crippen molar-refractivity contribution < 1.29 is 29.3 Å². The molecule has 1 amide bonds. The predicted molar refractivity (Wildman–Crippen MR) is 152 cm³/mol. The molecule has 9 nitrogen and oxygen atoms in total. The van der Waals surface area contributed by atoms with Crippen molar-refractivity contribution in [1.82, 2.24) is 9.80 Å². The number of ether oxygens (including phenoxy) is 1. The number of hydrogen-bond acceptors (Lipinski definition) is 7. The number of amides is 1. The summed E-state index contributed by atoms with van der Waals surface area (Å²) < 4.78 is 7.34. The van der Waals surface area contributed by atoms with E-state index in [0.717, 1.165) is 69.0 Å². The van der Waals surface area contributed by atoms with Crippen LogP contribution in [0.25, 0.3) is 10.1 Å². The summed E-state index contributed by atoms with van der Waals surface area (Å²) in [6, 6.07) is 14.8. The number of rotatable bonds is 8. The zero-order valence-electron chi connectivity index (χ0n) is 21.9. The molecule has 1 fully saturated rings. The van der Waals surface area contributed by atoms with Crippen molar-refractivity contribution >= 4 is 45.0 Å². The highest BCUT2D eigenvalue weighted by Crippen LogP contribution is 2.31. The van der Waals surface area contributed by atoms with E-state index in [4.69, 9.17) is 14.9 Å². The molecule has 2 aliphatic rings. The number of anilines is 1. The number of aliphatic carboxylic acids is 2. The SMILES string of the molecule is CN1CCc2ccc(OCCCN3CCN(c4cccc5sccc45)CC3)cc2C1=O.O=C(O)/C=C/C(=O)O. The first-order valence-corrected chi connectivity index (χ1v) is 13.8. The van der Waals surface area contributed by atoms with Gasteiger partial charge in [-0.3, -0.25) is 9.69 Å². The number of benzene rings is 2. The summed E-state index contributed by atoms with van der Waals surface area (Å²) in [6.45, 7) is 6.81. The number of hydrogen-bond donors (Lipinski definition) is 2. The lowest BCUT2D eigenvalue weighted by atomic mass is 9.99. The summed E-state index contributed by atoms with van der Waals surface area (Å²) in [5.41, 5.74) is 3.30. The first-order valence-electron chi connectivity index (χ1n) is 12.9. The number of carbonyl (C=O) groups is 3. The molecule has 0 bridgehead atoms. The lowest BCUT2D eigenvalue weighted by molar-refractivity contribution is -0.134. The van der Waals surface area contributed by atoms with Gasteiger partial charge in [0, 0.05) is 79.8 Å². The van der Waals surface area contributed by atoms with Gasteiger partial charge >= 0.3 is 11.9 Å². The molecule has 0 radical (unpaired) electrons. The third-order valence-corrected chi connectivity index (χ3v) is 7.70. The Hall–Kier alpha value is -3.89. The summed E-state index contributed by atoms with van der Waals surface area (Å²) in [7, 11) is 1.86. The van der Waals surface area contributed by atoms with Gasteiger partial charge in [0.25, 0.3) is 5.91 Å². The molecule has 5 rings (SSSR count). The molecular weight excluding hydrogens is 518 g/mol. The average molecular weight is 552 g/mol. The molecule has 2 aromatic carbocycles. The lowest BCUT2D eigenvalue weighted by Gasteiger charge is -2.36. The molecule has 0 spiro atoms. The van der Waals surface area contributed by atoms with E-state index in [2.05, 4.69) is 39.4 Å². The smallest absolute Gasteiger partial charge is 0.328 e. The molecule has 0 saturated carbocycles. The number of carboxylic acid groups (broad SMARTS) is 2. The zero-order valence-corrected chi connectivity index (χ0v) is 22.7. The molecule has 3 heterocycles. The Bertz CT molecular complexity index is 1330. The highest BCUT2D eigenvalue weighted by molar-refractivity contribution is 7.17. The Morgan fingerprint density at radius 2 is 1.74 bits per heavy atom. The van der Waals surface area contributed by atoms with Gasteiger partial charge < -0.3 is 24.7 Å². The highest BCUT2D eigenvalue weighted by Gasteiger charge is 2.22. The first kappa shape index (κ1) is 28.1. The fourth-order valence-corrected chi connectivity index (χ4v) is 5.55. The number of nitrogens with zero attached hydrogens (tertiary/aromatic N) is 3. The third kappa shape index (κ3) is 7.58. The highest BCUT2D eigenvalue weighted by atomic mass is 32.1. The molecule has 1 aromatic heterocycles. The topological polar surface area (TPSA) is 111 Å². The molecule has 2 N–H and O–H groups in total. The molecule has 2 aliphatic heterocycles. The number of piperazine rings is 1. The van der Waals surface area contributed by atoms with Crippen molar-refractivity contribution in [2.75, 3.05) is 57.8 Å². The molecule has 0 aliphatic carbocycles. The van der Waals surface area contributed by atoms with Gasteiger partial charge in [0.15, 0.2) is 0 Å². The fourth-order valence-electron chi connectivity index (χ4n) is 4.74. The Morgan fingerprint density at radius 3 is 2.46 bits per heavy atom. The van der Waals surface area contributed by atoms with Crippen LogP contribution in [0.4, 0.5) is 5.69 Å². The number of likely N-dealkylation sites (N-methyl/N-ethyl adjacent to an activating group) is 1. The van der Waals surface area contributed by atoms with Crippen LogP contribution in [0.2, 0.25) is 0 Å². The Morgan fingerprint density at radius 1 is 1.00 bits per heavy atom. The summed E-state index contributed by atoms with van der Waals surface area (Å²) in [5, 5.41) is 19.2. The van der Waals surface area contributed by atoms with E-state index in [0.29, 0.717) is 18.8 Å². The molecule has 3 aromatic rings. The van der Waals surface area contributed by atoms with Crippen molar-refractivity contribution in [1.29, 1.82) is 0 Å². The number of thiophene rings is 1. The second-order valence-electron chi connectivity index (χ2n) is 9.45. The van der Waals surface area contributed by atoms with Gasteiger partial charge in [0.1, 0.15) is 5.75 Å². The summed E-state index contributed by atoms with van der Waals surface area (Å²) >= 11 is 1.81. The maximum atomic E-state index is 12.4. The van der Waals surface area contributed by atoms with E-state index in [1.807, 2.05) is 36.6 Å². The van der Waals surface area contributed by atoms with Gasteiger partial charge in [0.05, 0.1) is 6.61 Å². The van der Waals surface area contributed by atoms with Gasteiger partial charge in [-0.1, -0.05) is 12.1 Å². The maximum Gasteiger partial charge on any atom is 0.328 e. The van der Waals surface area contributed by atoms with Crippen molar-refractivity contribution in [2.24, 2.45) is 0 Å². The van der Waals surface area contributed by atoms with E-state index < -0.39 is 11.9 Å². The lowest BCUT2D eigenvalue weighted by Crippen LogP contribution is -2.46. The quantitative estimate of drug-likeness (QED) is 0.321. The molecule has 1 saturated heterocycles. The van der Waals surface area contributed by atoms with Crippen molar-refractivity contribution in [3.05, 3.63) is 71.1 Å². The third-order valence-electron chi connectivity index (χ3n) is 6.82. The van der Waals surface area contributed by atoms with Crippen LogP contribution in [-0.4, -0.2) is 90.8 Å². The van der Waals surface area contributed by atoms with Crippen molar-refractivity contribution in [3.8, 4) is 5.75 Å². The van der Waals surface area contributed by atoms with Crippen LogP contribution in [0.1, 0.15) is 22.3 Å². The van der Waals surface area contributed by atoms with E-state index >= 15 is 0 Å². The summed E-state index contributed by atoms with van der Waals surface area (Å²) in [6.07, 6.45) is 3.03. The minimum Gasteiger partial charge on any atom is -0.494 e. The normalized spacial score (nSPS) is 15.7. The van der Waals surface area contributed by atoms with Crippen LogP contribution in [-0.2, 0) is 16.0 Å². The van der Waals surface area contributed by atoms with Crippen LogP contribution in [0.15, 0.2) is 60.0 Å². The first-order chi connectivity index (χ1) is 18.8. The molecule has 39 heavy (non-hydrogen) atoms. The number of carbonyl (C=O) groups excluding carboxylic acids is 1. The molecule has 10 heteroatoms. The van der Waals surface area contributed by atoms with Gasteiger partial charge in [0.2, 0.25) is 0 Å². The minimum atomic E-state index is -1.26. The van der Waals surface area contributed by atoms with Crippen LogP contribution in [0.3, 0.4) is 0 Å². The van der Waals surface area contributed by atoms with Crippen LogP contribution >= 0.6 is 11.3 Å². The largest absolute Gasteiger partial charge is 0.494 e. The van der Waals surface area contributed by atoms with Crippen molar-refractivity contribution in [2.45, 2.75) is 12.8 Å². The summed E-state index contributed by atoms with van der Waals surface area (Å²) in [5.74, 6) is -1.61. The van der Waals surface area contributed by atoms with Gasteiger partial charge in [-0.25, -0.2) is 9.59 Å². The second-order valence-corrected chi connectivity index (χ2v) is 10.4. The summed E-state index contributed by atoms with van der Waals surface area (Å²) in [4.78, 5) is 38.3. The second kappa shape index (κ2) is 13.3. The monoisotopic (exact) mass is 551 g/mol. The Balaban J connectivity index is 0.000000386. The van der Waals surface area contributed by atoms with Crippen LogP contribution in [0, 0.1) is 0 Å². The minimum absolute atomic E-state index is 0.0997. The van der Waals surface area contributed by atoms with Gasteiger partial charge in [-0.2, -0.15) is 0 Å². The van der Waals surface area contributed by atoms with E-state index in [9.17, 15) is 14.4 Å². The number of fused-ring (bicyclic) bond motifs is 2. The molecule has 0 unspecified atom stereocenters. The van der Waals surface area contributed by atoms with E-state index in [1.54, 1.807) is 4.90 Å². The fraction of sp³-hybridized carbons (Fsp3) is 0.345. The average Bonchev–Trinajstić information content (AvgIpc) is 3.42. The Kier molecular flexibility index (Phi) is 9.56. The molecule has 206 valence electrons. The zero-order chi connectivity index (χ0) is 27.8. The van der Waals surface area contributed by atoms with E-state index in [-0.39, 0.29) is 5.91 Å². The predicted octanol–water partition coefficient (Wildman–Crippen LogP) is 3.83. The van der Waals surface area contributed by atoms with E-state index in [1.165, 1.54) is 15.8 Å². The molecule has 0 atom stereocenters. The van der Waals surface area contributed by atoms with Crippen LogP contribution < -0.4 is 9.64 Å². The maximum absolute atomic E-state index is 12.4. The Labute approximate surface area is 231 Å². The van der Waals surface area contributed by atoms with Gasteiger partial charge in [-0.15, -0.1) is 11.3 Å².